The average Bonchev–Trinajstić information content (AvgIpc) is 2.98. The van der Waals surface area contributed by atoms with Gasteiger partial charge in [-0.2, -0.15) is 4.31 Å². The van der Waals surface area contributed by atoms with Gasteiger partial charge in [-0.05, 0) is 40.2 Å². The van der Waals surface area contributed by atoms with Gasteiger partial charge >= 0.3 is 0 Å². The van der Waals surface area contributed by atoms with E-state index in [4.69, 9.17) is 0 Å². The van der Waals surface area contributed by atoms with Gasteiger partial charge in [0.05, 0.1) is 0 Å². The molecule has 1 aromatic heterocycles. The molecule has 0 aliphatic heterocycles. The summed E-state index contributed by atoms with van der Waals surface area (Å²) in [6.45, 7) is 3.59. The maximum atomic E-state index is 14.1. The Bertz CT molecular complexity index is 1000. The number of sulfonamides is 1. The van der Waals surface area contributed by atoms with Crippen LogP contribution in [0.5, 0.6) is 0 Å². The Hall–Kier alpha value is -2.24. The van der Waals surface area contributed by atoms with Gasteiger partial charge in [0.1, 0.15) is 16.4 Å². The Balaban J connectivity index is 2.21. The fourth-order valence-corrected chi connectivity index (χ4v) is 4.62. The van der Waals surface area contributed by atoms with E-state index in [1.54, 1.807) is 37.7 Å². The monoisotopic (exact) mass is 474 g/mol. The number of halogens is 2. The van der Waals surface area contributed by atoms with Crippen molar-refractivity contribution >= 4 is 37.8 Å². The number of rotatable bonds is 6. The highest BCUT2D eigenvalue weighted by molar-refractivity contribution is 9.10. The van der Waals surface area contributed by atoms with Crippen LogP contribution in [0.15, 0.2) is 39.8 Å². The predicted octanol–water partition coefficient (Wildman–Crippen LogP) is 2.03. The first-order valence-electron chi connectivity index (χ1n) is 8.34. The van der Waals surface area contributed by atoms with E-state index in [2.05, 4.69) is 26.8 Å². The van der Waals surface area contributed by atoms with Crippen LogP contribution in [0.1, 0.15) is 34.7 Å². The molecular formula is C17H20BrFN4O4S. The van der Waals surface area contributed by atoms with E-state index in [1.165, 1.54) is 0 Å². The number of nitrogens with one attached hydrogen (secondary N) is 2. The summed E-state index contributed by atoms with van der Waals surface area (Å²) in [5.41, 5.74) is 4.60. The molecule has 2 N–H and O–H groups in total. The van der Waals surface area contributed by atoms with Gasteiger partial charge in [0.25, 0.3) is 11.8 Å². The van der Waals surface area contributed by atoms with E-state index in [9.17, 15) is 22.4 Å². The maximum absolute atomic E-state index is 14.1. The number of aromatic nitrogens is 1. The molecular weight excluding hydrogens is 455 g/mol. The number of amides is 2. The van der Waals surface area contributed by atoms with E-state index < -0.39 is 32.6 Å². The topological polar surface area (TPSA) is 101 Å². The summed E-state index contributed by atoms with van der Waals surface area (Å²) in [7, 11) is -2.42. The lowest BCUT2D eigenvalue weighted by molar-refractivity contribution is 0.0842. The fraction of sp³-hybridized carbons (Fsp3) is 0.294. The van der Waals surface area contributed by atoms with Gasteiger partial charge in [-0.3, -0.25) is 20.4 Å². The number of hydrogen-bond donors (Lipinski definition) is 2. The molecule has 1 heterocycles. The minimum atomic E-state index is -4.08. The summed E-state index contributed by atoms with van der Waals surface area (Å²) in [5, 5.41) is 0. The highest BCUT2D eigenvalue weighted by Gasteiger charge is 2.26. The van der Waals surface area contributed by atoms with Crippen molar-refractivity contribution in [1.29, 1.82) is 0 Å². The zero-order chi connectivity index (χ0) is 21.1. The Morgan fingerprint density at radius 3 is 2.29 bits per heavy atom. The first-order chi connectivity index (χ1) is 13.1. The van der Waals surface area contributed by atoms with Crippen LogP contribution in [-0.2, 0) is 17.1 Å². The highest BCUT2D eigenvalue weighted by Crippen LogP contribution is 2.21. The molecule has 0 aliphatic rings. The summed E-state index contributed by atoms with van der Waals surface area (Å²) in [5.74, 6) is -2.31. The molecule has 8 nitrogen and oxygen atoms in total. The third-order valence-electron chi connectivity index (χ3n) is 4.01. The molecule has 0 aliphatic carbocycles. The largest absolute Gasteiger partial charge is 0.345 e. The van der Waals surface area contributed by atoms with E-state index in [0.717, 1.165) is 22.5 Å². The Kier molecular flexibility index (Phi) is 6.96. The van der Waals surface area contributed by atoms with Gasteiger partial charge in [0.2, 0.25) is 10.0 Å². The second-order valence-corrected chi connectivity index (χ2v) is 8.62. The molecule has 0 spiro atoms. The van der Waals surface area contributed by atoms with Gasteiger partial charge in [-0.25, -0.2) is 12.8 Å². The third-order valence-corrected chi connectivity index (χ3v) is 6.51. The summed E-state index contributed by atoms with van der Waals surface area (Å²) in [6.07, 6.45) is 1.67. The molecule has 0 unspecified atom stereocenters. The maximum Gasteiger partial charge on any atom is 0.286 e. The van der Waals surface area contributed by atoms with Crippen molar-refractivity contribution in [2.45, 2.75) is 18.7 Å². The molecule has 0 radical (unpaired) electrons. The number of aryl methyl sites for hydroxylation is 1. The van der Waals surface area contributed by atoms with Crippen LogP contribution in [0.2, 0.25) is 0 Å². The zero-order valence-corrected chi connectivity index (χ0v) is 17.9. The number of nitrogens with zero attached hydrogens (tertiary/aromatic N) is 2. The van der Waals surface area contributed by atoms with Crippen LogP contribution >= 0.6 is 15.9 Å². The average molecular weight is 475 g/mol. The Morgan fingerprint density at radius 1 is 1.14 bits per heavy atom. The highest BCUT2D eigenvalue weighted by atomic mass is 79.9. The molecule has 28 heavy (non-hydrogen) atoms. The Labute approximate surface area is 170 Å². The molecule has 0 atom stereocenters. The zero-order valence-electron chi connectivity index (χ0n) is 15.5. The molecule has 2 aromatic rings. The number of carbonyl (C=O) groups is 2. The number of hydrogen-bond acceptors (Lipinski definition) is 4. The lowest BCUT2D eigenvalue weighted by atomic mass is 10.2. The predicted molar refractivity (Wildman–Crippen MR) is 105 cm³/mol. The van der Waals surface area contributed by atoms with Crippen molar-refractivity contribution < 1.29 is 22.4 Å². The van der Waals surface area contributed by atoms with Crippen LogP contribution in [0.4, 0.5) is 4.39 Å². The Morgan fingerprint density at radius 2 is 1.75 bits per heavy atom. The second kappa shape index (κ2) is 8.84. The second-order valence-electron chi connectivity index (χ2n) is 5.80. The van der Waals surface area contributed by atoms with Crippen molar-refractivity contribution in [1.82, 2.24) is 19.7 Å². The molecule has 0 saturated heterocycles. The summed E-state index contributed by atoms with van der Waals surface area (Å²) >= 11 is 3.24. The van der Waals surface area contributed by atoms with Crippen LogP contribution in [0.3, 0.4) is 0 Å². The minimum Gasteiger partial charge on any atom is -0.345 e. The van der Waals surface area contributed by atoms with Crippen molar-refractivity contribution in [3.05, 3.63) is 52.0 Å². The summed E-state index contributed by atoms with van der Waals surface area (Å²) in [6, 6.07) is 4.55. The minimum absolute atomic E-state index is 0.111. The number of benzene rings is 1. The first-order valence-corrected chi connectivity index (χ1v) is 10.6. The fourth-order valence-electron chi connectivity index (χ4n) is 2.54. The van der Waals surface area contributed by atoms with E-state index >= 15 is 0 Å². The smallest absolute Gasteiger partial charge is 0.286 e. The molecule has 2 rings (SSSR count). The summed E-state index contributed by atoms with van der Waals surface area (Å²) in [4.78, 5) is 23.8. The molecule has 1 aromatic carbocycles. The molecule has 0 saturated carbocycles. The van der Waals surface area contributed by atoms with Crippen molar-refractivity contribution in [2.24, 2.45) is 7.05 Å². The molecule has 0 bridgehead atoms. The lowest BCUT2D eigenvalue weighted by Crippen LogP contribution is -2.42. The lowest BCUT2D eigenvalue weighted by Gasteiger charge is -2.19. The van der Waals surface area contributed by atoms with Gasteiger partial charge in [-0.1, -0.05) is 13.8 Å². The van der Waals surface area contributed by atoms with Crippen LogP contribution < -0.4 is 10.9 Å². The van der Waals surface area contributed by atoms with E-state index in [0.29, 0.717) is 4.47 Å². The first kappa shape index (κ1) is 22.1. The van der Waals surface area contributed by atoms with Crippen LogP contribution in [0, 0.1) is 5.82 Å². The van der Waals surface area contributed by atoms with Gasteiger partial charge in [0.15, 0.2) is 0 Å². The molecule has 2 amide bonds. The standard InChI is InChI=1S/C17H20BrFN4O4S/c1-4-23(5-2)28(26,27)15-8-11(6-7-13(15)19)16(24)20-21-17(25)14-9-12(18)10-22(14)3/h6-10H,4-5H2,1-3H3,(H,20,24)(H,21,25). The van der Waals surface area contributed by atoms with Crippen LogP contribution in [-0.4, -0.2) is 42.2 Å². The normalized spacial score (nSPS) is 11.5. The molecule has 11 heteroatoms. The van der Waals surface area contributed by atoms with E-state index in [-0.39, 0.29) is 24.3 Å². The number of hydrazine groups is 1. The summed E-state index contributed by atoms with van der Waals surface area (Å²) < 4.78 is 42.6. The van der Waals surface area contributed by atoms with Gasteiger partial charge in [0, 0.05) is 36.4 Å². The van der Waals surface area contributed by atoms with Crippen molar-refractivity contribution in [2.75, 3.05) is 13.1 Å². The van der Waals surface area contributed by atoms with Gasteiger partial charge in [-0.15, -0.1) is 0 Å². The van der Waals surface area contributed by atoms with Crippen LogP contribution in [0.25, 0.3) is 0 Å². The quantitative estimate of drug-likeness (QED) is 0.625. The molecule has 152 valence electrons. The number of carbonyl (C=O) groups excluding carboxylic acids is 2. The SMILES string of the molecule is CCN(CC)S(=O)(=O)c1cc(C(=O)NNC(=O)c2cc(Br)cn2C)ccc1F. The van der Waals surface area contributed by atoms with E-state index in [1.807, 2.05) is 0 Å². The van der Waals surface area contributed by atoms with Crippen molar-refractivity contribution in [3.8, 4) is 0 Å². The van der Waals surface area contributed by atoms with Crippen molar-refractivity contribution in [3.63, 3.8) is 0 Å². The molecule has 0 fully saturated rings. The van der Waals surface area contributed by atoms with Gasteiger partial charge < -0.3 is 4.57 Å². The third kappa shape index (κ3) is 4.59.